The van der Waals surface area contributed by atoms with E-state index in [4.69, 9.17) is 9.39 Å². The number of nitro groups is 1. The Morgan fingerprint density at radius 2 is 1.61 bits per heavy atom. The molecule has 0 aliphatic carbocycles. The van der Waals surface area contributed by atoms with E-state index in [9.17, 15) is 10.1 Å². The number of nitro benzene ring substituents is 1. The maximum Gasteiger partial charge on any atom is 0.269 e. The molecule has 0 unspecified atom stereocenters. The lowest BCUT2D eigenvalue weighted by Crippen LogP contribution is -2.51. The van der Waals surface area contributed by atoms with Crippen LogP contribution in [0.1, 0.15) is 27.7 Å². The second kappa shape index (κ2) is 4.98. The predicted molar refractivity (Wildman–Crippen MR) is 71.5 cm³/mol. The topological polar surface area (TPSA) is 61.6 Å². The van der Waals surface area contributed by atoms with Gasteiger partial charge in [-0.25, -0.2) is 0 Å². The van der Waals surface area contributed by atoms with E-state index in [2.05, 4.69) is 0 Å². The van der Waals surface area contributed by atoms with E-state index in [1.165, 1.54) is 12.1 Å². The normalized spacial score (nSPS) is 12.2. The lowest BCUT2D eigenvalue weighted by atomic mass is 9.88. The minimum atomic E-state index is -0.558. The van der Waals surface area contributed by atoms with Crippen LogP contribution in [-0.4, -0.2) is 24.2 Å². The first-order chi connectivity index (χ1) is 8.19. The van der Waals surface area contributed by atoms with Gasteiger partial charge in [-0.3, -0.25) is 10.1 Å². The average Bonchev–Trinajstić information content (AvgIpc) is 2.29. The van der Waals surface area contributed by atoms with E-state index in [1.54, 1.807) is 20.2 Å². The summed E-state index contributed by atoms with van der Waals surface area (Å²) in [4.78, 5) is 10.1. The van der Waals surface area contributed by atoms with Crippen LogP contribution in [0.5, 0.6) is 5.75 Å². The van der Waals surface area contributed by atoms with Crippen molar-refractivity contribution in [3.8, 4) is 5.75 Å². The molecule has 0 atom stereocenters. The molecule has 1 rings (SSSR count). The zero-order valence-electron chi connectivity index (χ0n) is 11.4. The van der Waals surface area contributed by atoms with Gasteiger partial charge in [0.25, 0.3) is 13.7 Å². The number of hydrogen-bond donors (Lipinski definition) is 0. The first-order valence-electron chi connectivity index (χ1n) is 5.68. The minimum absolute atomic E-state index is 0.0474. The van der Waals surface area contributed by atoms with Crippen LogP contribution in [0, 0.1) is 10.1 Å². The van der Waals surface area contributed by atoms with E-state index in [-0.39, 0.29) is 5.69 Å². The van der Waals surface area contributed by atoms with Crippen molar-refractivity contribution in [3.05, 3.63) is 34.4 Å². The molecule has 6 heteroatoms. The monoisotopic (exact) mass is 251 g/mol. The van der Waals surface area contributed by atoms with Gasteiger partial charge in [0.2, 0.25) is 0 Å². The zero-order chi connectivity index (χ0) is 14.0. The predicted octanol–water partition coefficient (Wildman–Crippen LogP) is 2.10. The van der Waals surface area contributed by atoms with Gasteiger partial charge in [-0.1, -0.05) is 0 Å². The van der Waals surface area contributed by atoms with Gasteiger partial charge in [0.05, 0.1) is 10.5 Å². The number of benzene rings is 1. The molecular formula is C12H18BNO4. The molecule has 0 saturated carbocycles. The van der Waals surface area contributed by atoms with Crippen LogP contribution < -0.4 is 4.74 Å². The lowest BCUT2D eigenvalue weighted by Gasteiger charge is -2.41. The third kappa shape index (κ3) is 3.01. The molecule has 1 aromatic carbocycles. The number of ether oxygens (including phenoxy) is 1. The van der Waals surface area contributed by atoms with Crippen molar-refractivity contribution < 1.29 is 14.3 Å². The lowest BCUT2D eigenvalue weighted by molar-refractivity contribution is -0.384. The highest BCUT2D eigenvalue weighted by molar-refractivity contribution is 5.98. The summed E-state index contributed by atoms with van der Waals surface area (Å²) in [5.41, 5.74) is -0.988. The Kier molecular flexibility index (Phi) is 4.01. The largest absolute Gasteiger partial charge is 0.485 e. The fourth-order valence-electron chi connectivity index (χ4n) is 1.30. The van der Waals surface area contributed by atoms with Gasteiger partial charge < -0.3 is 9.39 Å². The second-order valence-electron chi connectivity index (χ2n) is 5.08. The molecule has 0 bridgehead atoms. The molecule has 18 heavy (non-hydrogen) atoms. The van der Waals surface area contributed by atoms with Crippen molar-refractivity contribution in [2.75, 3.05) is 0 Å². The van der Waals surface area contributed by atoms with Crippen LogP contribution >= 0.6 is 0 Å². The standard InChI is InChI=1S/C12H18BNO4/c1-11(2,12(3,4)18-13)17-10-7-5-9(6-8-10)14(15)16/h5-8H,13H2,1-4H3. The molecule has 0 aromatic heterocycles. The second-order valence-corrected chi connectivity index (χ2v) is 5.08. The molecule has 0 aliphatic rings. The molecule has 98 valence electrons. The van der Waals surface area contributed by atoms with Crippen molar-refractivity contribution in [3.63, 3.8) is 0 Å². The summed E-state index contributed by atoms with van der Waals surface area (Å²) >= 11 is 0. The first kappa shape index (κ1) is 14.5. The highest BCUT2D eigenvalue weighted by Crippen LogP contribution is 2.30. The fraction of sp³-hybridized carbons (Fsp3) is 0.500. The summed E-state index contributed by atoms with van der Waals surface area (Å²) in [7, 11) is 1.63. The van der Waals surface area contributed by atoms with Crippen molar-refractivity contribution >= 4 is 13.7 Å². The molecule has 0 heterocycles. The maximum atomic E-state index is 10.5. The van der Waals surface area contributed by atoms with Crippen molar-refractivity contribution in [2.45, 2.75) is 38.9 Å². The van der Waals surface area contributed by atoms with Gasteiger partial charge in [0.15, 0.2) is 0 Å². The van der Waals surface area contributed by atoms with Crippen LogP contribution in [0.25, 0.3) is 0 Å². The van der Waals surface area contributed by atoms with Gasteiger partial charge in [0.1, 0.15) is 11.4 Å². The van der Waals surface area contributed by atoms with Crippen molar-refractivity contribution in [1.29, 1.82) is 0 Å². The number of rotatable bonds is 5. The van der Waals surface area contributed by atoms with Crippen LogP contribution in [0.4, 0.5) is 5.69 Å². The molecule has 0 spiro atoms. The minimum Gasteiger partial charge on any atom is -0.485 e. The van der Waals surface area contributed by atoms with Gasteiger partial charge in [0, 0.05) is 12.1 Å². The van der Waals surface area contributed by atoms with E-state index >= 15 is 0 Å². The molecule has 0 saturated heterocycles. The van der Waals surface area contributed by atoms with E-state index in [1.807, 2.05) is 27.7 Å². The van der Waals surface area contributed by atoms with E-state index in [0.717, 1.165) is 0 Å². The summed E-state index contributed by atoms with van der Waals surface area (Å²) in [5, 5.41) is 10.5. The third-order valence-electron chi connectivity index (χ3n) is 3.38. The Hall–Kier alpha value is -1.56. The Morgan fingerprint density at radius 1 is 1.11 bits per heavy atom. The summed E-state index contributed by atoms with van der Waals surface area (Å²) in [6.07, 6.45) is 0. The Balaban J connectivity index is 2.88. The summed E-state index contributed by atoms with van der Waals surface area (Å²) in [6, 6.07) is 6.02. The van der Waals surface area contributed by atoms with Crippen LogP contribution in [-0.2, 0) is 4.65 Å². The molecule has 0 amide bonds. The molecule has 0 N–H and O–H groups in total. The summed E-state index contributed by atoms with van der Waals surface area (Å²) in [6.45, 7) is 7.69. The highest BCUT2D eigenvalue weighted by atomic mass is 16.6. The van der Waals surface area contributed by atoms with E-state index in [0.29, 0.717) is 5.75 Å². The van der Waals surface area contributed by atoms with Crippen LogP contribution in [0.3, 0.4) is 0 Å². The zero-order valence-corrected chi connectivity index (χ0v) is 11.4. The van der Waals surface area contributed by atoms with Gasteiger partial charge in [-0.05, 0) is 39.8 Å². The quantitative estimate of drug-likeness (QED) is 0.456. The SMILES string of the molecule is BOC(C)(C)C(C)(C)Oc1ccc([N+](=O)[O-])cc1. The number of non-ortho nitro benzene ring substituents is 1. The Bertz CT molecular complexity index is 428. The van der Waals surface area contributed by atoms with Gasteiger partial charge in [-0.2, -0.15) is 0 Å². The molecule has 0 fully saturated rings. The third-order valence-corrected chi connectivity index (χ3v) is 3.38. The number of hydrogen-bond acceptors (Lipinski definition) is 4. The smallest absolute Gasteiger partial charge is 0.269 e. The van der Waals surface area contributed by atoms with Crippen LogP contribution in [0.2, 0.25) is 0 Å². The summed E-state index contributed by atoms with van der Waals surface area (Å²) < 4.78 is 11.2. The molecule has 0 radical (unpaired) electrons. The van der Waals surface area contributed by atoms with Crippen molar-refractivity contribution in [1.82, 2.24) is 0 Å². The summed E-state index contributed by atoms with van der Waals surface area (Å²) in [5.74, 6) is 0.579. The van der Waals surface area contributed by atoms with Gasteiger partial charge >= 0.3 is 0 Å². The maximum absolute atomic E-state index is 10.5. The average molecular weight is 251 g/mol. The Morgan fingerprint density at radius 3 is 2.00 bits per heavy atom. The molecular weight excluding hydrogens is 233 g/mol. The Labute approximate surface area is 108 Å². The van der Waals surface area contributed by atoms with Crippen molar-refractivity contribution in [2.24, 2.45) is 0 Å². The highest BCUT2D eigenvalue weighted by Gasteiger charge is 2.38. The molecule has 1 aromatic rings. The number of nitrogens with zero attached hydrogens (tertiary/aromatic N) is 1. The molecule has 0 aliphatic heterocycles. The van der Waals surface area contributed by atoms with Gasteiger partial charge in [-0.15, -0.1) is 0 Å². The first-order valence-corrected chi connectivity index (χ1v) is 5.68. The van der Waals surface area contributed by atoms with E-state index < -0.39 is 16.1 Å². The van der Waals surface area contributed by atoms with Crippen LogP contribution in [0.15, 0.2) is 24.3 Å². The fourth-order valence-corrected chi connectivity index (χ4v) is 1.30. The molecule has 5 nitrogen and oxygen atoms in total.